The van der Waals surface area contributed by atoms with Gasteiger partial charge in [0.2, 0.25) is 10.0 Å². The number of hydrogen-bond donors (Lipinski definition) is 2. The van der Waals surface area contributed by atoms with Crippen LogP contribution >= 0.6 is 0 Å². The molecule has 0 aliphatic carbocycles. The van der Waals surface area contributed by atoms with E-state index in [4.69, 9.17) is 0 Å². The first-order chi connectivity index (χ1) is 9.15. The van der Waals surface area contributed by atoms with Crippen molar-refractivity contribution in [3.63, 3.8) is 0 Å². The van der Waals surface area contributed by atoms with Crippen molar-refractivity contribution in [2.45, 2.75) is 58.0 Å². The molecule has 0 fully saturated rings. The van der Waals surface area contributed by atoms with Crippen LogP contribution in [0.5, 0.6) is 0 Å². The third-order valence-electron chi connectivity index (χ3n) is 2.74. The number of aryl methyl sites for hydroxylation is 1. The van der Waals surface area contributed by atoms with Gasteiger partial charge >= 0.3 is 0 Å². The predicted molar refractivity (Wildman–Crippen MR) is 83.3 cm³/mol. The zero-order chi connectivity index (χ0) is 15.4. The topological polar surface area (TPSA) is 58.2 Å². The molecule has 0 spiro atoms. The highest BCUT2D eigenvalue weighted by Crippen LogP contribution is 2.19. The Kier molecular flexibility index (Phi) is 5.74. The van der Waals surface area contributed by atoms with Crippen LogP contribution in [0.15, 0.2) is 23.1 Å². The molecule has 0 heterocycles. The first-order valence-corrected chi connectivity index (χ1v) is 8.48. The van der Waals surface area contributed by atoms with Gasteiger partial charge in [-0.1, -0.05) is 19.1 Å². The third-order valence-corrected chi connectivity index (χ3v) is 4.64. The predicted octanol–water partition coefficient (Wildman–Crippen LogP) is 2.57. The van der Waals surface area contributed by atoms with Gasteiger partial charge in [0.1, 0.15) is 0 Å². The molecule has 1 rings (SSSR count). The smallest absolute Gasteiger partial charge is 0.241 e. The summed E-state index contributed by atoms with van der Waals surface area (Å²) < 4.78 is 27.5. The van der Waals surface area contributed by atoms with Crippen molar-refractivity contribution in [1.82, 2.24) is 10.0 Å². The molecule has 5 heteroatoms. The zero-order valence-electron chi connectivity index (χ0n) is 13.1. The van der Waals surface area contributed by atoms with E-state index in [9.17, 15) is 8.42 Å². The number of hydrogen-bond acceptors (Lipinski definition) is 3. The van der Waals surface area contributed by atoms with Crippen LogP contribution in [0.25, 0.3) is 0 Å². The van der Waals surface area contributed by atoms with Crippen LogP contribution in [-0.4, -0.2) is 20.5 Å². The van der Waals surface area contributed by atoms with Gasteiger partial charge in [-0.2, -0.15) is 0 Å². The average molecular weight is 298 g/mol. The molecule has 0 bridgehead atoms. The Hall–Kier alpha value is -0.910. The molecular formula is C15H26N2O2S. The lowest BCUT2D eigenvalue weighted by Gasteiger charge is -2.21. The summed E-state index contributed by atoms with van der Waals surface area (Å²) >= 11 is 0. The second-order valence-corrected chi connectivity index (χ2v) is 7.78. The van der Waals surface area contributed by atoms with Crippen molar-refractivity contribution in [3.05, 3.63) is 29.3 Å². The number of benzene rings is 1. The van der Waals surface area contributed by atoms with Crippen LogP contribution in [0.1, 0.15) is 45.2 Å². The number of nitrogens with one attached hydrogen (secondary N) is 2. The van der Waals surface area contributed by atoms with Gasteiger partial charge in [0.25, 0.3) is 0 Å². The fourth-order valence-electron chi connectivity index (χ4n) is 1.91. The number of sulfonamides is 1. The van der Waals surface area contributed by atoms with E-state index >= 15 is 0 Å². The van der Waals surface area contributed by atoms with Gasteiger partial charge in [-0.15, -0.1) is 0 Å². The highest BCUT2D eigenvalue weighted by Gasteiger charge is 2.23. The standard InChI is InChI=1S/C15H26N2O2S/c1-6-9-16-11-13-8-7-12(2)14(10-13)20(18,19)17-15(3,4)5/h7-8,10,16-17H,6,9,11H2,1-5H3. The van der Waals surface area contributed by atoms with Crippen molar-refractivity contribution >= 4 is 10.0 Å². The minimum Gasteiger partial charge on any atom is -0.313 e. The van der Waals surface area contributed by atoms with E-state index in [1.54, 1.807) is 6.07 Å². The van der Waals surface area contributed by atoms with Crippen LogP contribution in [0.3, 0.4) is 0 Å². The van der Waals surface area contributed by atoms with Gasteiger partial charge in [-0.25, -0.2) is 13.1 Å². The van der Waals surface area contributed by atoms with Crippen LogP contribution in [0.4, 0.5) is 0 Å². The van der Waals surface area contributed by atoms with Crippen LogP contribution in [0, 0.1) is 6.92 Å². The summed E-state index contributed by atoms with van der Waals surface area (Å²) in [7, 11) is -3.48. The van der Waals surface area contributed by atoms with Gasteiger partial charge in [0.15, 0.2) is 0 Å². The molecule has 0 atom stereocenters. The minimum absolute atomic E-state index is 0.364. The van der Waals surface area contributed by atoms with E-state index in [1.807, 2.05) is 39.8 Å². The second kappa shape index (κ2) is 6.70. The van der Waals surface area contributed by atoms with Gasteiger partial charge in [0.05, 0.1) is 4.90 Å². The summed E-state index contributed by atoms with van der Waals surface area (Å²) in [6, 6.07) is 5.58. The second-order valence-electron chi connectivity index (χ2n) is 6.13. The Labute approximate surface area is 123 Å². The molecule has 20 heavy (non-hydrogen) atoms. The Balaban J connectivity index is 3.02. The molecular weight excluding hydrogens is 272 g/mol. The van der Waals surface area contributed by atoms with Crippen LogP contribution in [0.2, 0.25) is 0 Å². The number of rotatable bonds is 6. The molecule has 1 aromatic carbocycles. The molecule has 1 aromatic rings. The van der Waals surface area contributed by atoms with E-state index in [0.29, 0.717) is 11.4 Å². The molecule has 114 valence electrons. The summed E-state index contributed by atoms with van der Waals surface area (Å²) in [5.74, 6) is 0. The van der Waals surface area contributed by atoms with Gasteiger partial charge in [-0.3, -0.25) is 0 Å². The van der Waals surface area contributed by atoms with Crippen molar-refractivity contribution < 1.29 is 8.42 Å². The maximum Gasteiger partial charge on any atom is 0.241 e. The Morgan fingerprint density at radius 3 is 2.40 bits per heavy atom. The van der Waals surface area contributed by atoms with Crippen LogP contribution in [-0.2, 0) is 16.6 Å². The Morgan fingerprint density at radius 2 is 1.85 bits per heavy atom. The molecule has 0 aliphatic rings. The summed E-state index contributed by atoms with van der Waals surface area (Å²) in [4.78, 5) is 0.364. The highest BCUT2D eigenvalue weighted by molar-refractivity contribution is 7.89. The Morgan fingerprint density at radius 1 is 1.20 bits per heavy atom. The fourth-order valence-corrected chi connectivity index (χ4v) is 3.63. The maximum absolute atomic E-state index is 12.4. The van der Waals surface area contributed by atoms with Gasteiger partial charge in [-0.05, 0) is 57.9 Å². The first kappa shape index (κ1) is 17.1. The molecule has 0 saturated heterocycles. The third kappa shape index (κ3) is 5.23. The summed E-state index contributed by atoms with van der Waals surface area (Å²) in [6.45, 7) is 11.1. The summed E-state index contributed by atoms with van der Waals surface area (Å²) in [5.41, 5.74) is 1.26. The molecule has 0 saturated carbocycles. The van der Waals surface area contributed by atoms with Crippen molar-refractivity contribution in [3.8, 4) is 0 Å². The molecule has 2 N–H and O–H groups in total. The monoisotopic (exact) mass is 298 g/mol. The zero-order valence-corrected chi connectivity index (χ0v) is 13.9. The first-order valence-electron chi connectivity index (χ1n) is 7.00. The van der Waals surface area contributed by atoms with Gasteiger partial charge < -0.3 is 5.32 Å². The SMILES string of the molecule is CCCNCc1ccc(C)c(S(=O)(=O)NC(C)(C)C)c1. The van der Waals surface area contributed by atoms with E-state index in [1.165, 1.54) is 0 Å². The van der Waals surface area contributed by atoms with E-state index in [-0.39, 0.29) is 0 Å². The largest absolute Gasteiger partial charge is 0.313 e. The van der Waals surface area contributed by atoms with E-state index < -0.39 is 15.6 Å². The summed E-state index contributed by atoms with van der Waals surface area (Å²) in [5, 5.41) is 3.28. The van der Waals surface area contributed by atoms with Crippen molar-refractivity contribution in [1.29, 1.82) is 0 Å². The van der Waals surface area contributed by atoms with E-state index in [0.717, 1.165) is 24.1 Å². The average Bonchev–Trinajstić information content (AvgIpc) is 2.28. The molecule has 0 amide bonds. The minimum atomic E-state index is -3.48. The van der Waals surface area contributed by atoms with Crippen LogP contribution < -0.4 is 10.0 Å². The van der Waals surface area contributed by atoms with Crippen molar-refractivity contribution in [2.24, 2.45) is 0 Å². The molecule has 4 nitrogen and oxygen atoms in total. The lowest BCUT2D eigenvalue weighted by Crippen LogP contribution is -2.40. The molecule has 0 aromatic heterocycles. The van der Waals surface area contributed by atoms with Gasteiger partial charge in [0, 0.05) is 12.1 Å². The Bertz CT molecular complexity index is 545. The lowest BCUT2D eigenvalue weighted by atomic mass is 10.1. The quantitative estimate of drug-likeness (QED) is 0.794. The fraction of sp³-hybridized carbons (Fsp3) is 0.600. The normalized spacial score (nSPS) is 12.7. The summed E-state index contributed by atoms with van der Waals surface area (Å²) in [6.07, 6.45) is 1.06. The molecule has 0 aliphatic heterocycles. The lowest BCUT2D eigenvalue weighted by molar-refractivity contribution is 0.491. The maximum atomic E-state index is 12.4. The van der Waals surface area contributed by atoms with E-state index in [2.05, 4.69) is 17.0 Å². The van der Waals surface area contributed by atoms with Crippen molar-refractivity contribution in [2.75, 3.05) is 6.54 Å². The molecule has 0 radical (unpaired) electrons. The highest BCUT2D eigenvalue weighted by atomic mass is 32.2. The molecule has 0 unspecified atom stereocenters.